The second kappa shape index (κ2) is 10.7. The zero-order chi connectivity index (χ0) is 24.2. The molecule has 1 heterocycles. The van der Waals surface area contributed by atoms with Crippen molar-refractivity contribution < 1.29 is 29.0 Å². The van der Waals surface area contributed by atoms with Crippen molar-refractivity contribution in [3.63, 3.8) is 0 Å². The van der Waals surface area contributed by atoms with Crippen LogP contribution < -0.4 is 21.7 Å². The summed E-state index contributed by atoms with van der Waals surface area (Å²) in [4.78, 5) is 49.6. The molecule has 0 spiro atoms. The highest BCUT2D eigenvalue weighted by atomic mass is 16.6. The van der Waals surface area contributed by atoms with Gasteiger partial charge in [-0.3, -0.25) is 14.4 Å². The van der Waals surface area contributed by atoms with E-state index in [1.165, 1.54) is 0 Å². The number of hydrogen-bond acceptors (Lipinski definition) is 6. The van der Waals surface area contributed by atoms with Crippen LogP contribution in [0.1, 0.15) is 78.1 Å². The fourth-order valence-corrected chi connectivity index (χ4v) is 5.01. The second-order valence-corrected chi connectivity index (χ2v) is 10.5. The Kier molecular flexibility index (Phi) is 8.20. The van der Waals surface area contributed by atoms with Crippen molar-refractivity contribution in [2.24, 2.45) is 17.6 Å². The molecule has 186 valence electrons. The normalized spacial score (nSPS) is 25.4. The Morgan fingerprint density at radius 3 is 2.33 bits per heavy atom. The Balaban J connectivity index is 1.71. The van der Waals surface area contributed by atoms with Gasteiger partial charge in [-0.2, -0.15) is 0 Å². The molecule has 3 rings (SSSR count). The summed E-state index contributed by atoms with van der Waals surface area (Å²) in [6, 6.07) is -0.972. The van der Waals surface area contributed by atoms with Gasteiger partial charge in [0, 0.05) is 17.5 Å². The Morgan fingerprint density at radius 2 is 1.79 bits per heavy atom. The number of carbonyl (C=O) groups is 4. The number of nitrogens with two attached hydrogens (primary N) is 1. The quantitative estimate of drug-likeness (QED) is 0.321. The van der Waals surface area contributed by atoms with Crippen LogP contribution in [0.4, 0.5) is 4.79 Å². The predicted molar refractivity (Wildman–Crippen MR) is 120 cm³/mol. The molecule has 0 bridgehead atoms. The van der Waals surface area contributed by atoms with Crippen LogP contribution in [-0.2, 0) is 19.1 Å². The Morgan fingerprint density at radius 1 is 1.12 bits per heavy atom. The van der Waals surface area contributed by atoms with E-state index in [0.717, 1.165) is 44.9 Å². The van der Waals surface area contributed by atoms with Crippen LogP contribution in [0.2, 0.25) is 0 Å². The molecular weight excluding hydrogens is 428 g/mol. The lowest BCUT2D eigenvalue weighted by atomic mass is 9.85. The molecule has 0 radical (unpaired) electrons. The molecule has 4 atom stereocenters. The molecule has 33 heavy (non-hydrogen) atoms. The zero-order valence-electron chi connectivity index (χ0n) is 19.6. The molecule has 0 aromatic heterocycles. The third-order valence-electron chi connectivity index (χ3n) is 6.85. The highest BCUT2D eigenvalue weighted by Gasteiger charge is 2.42. The summed E-state index contributed by atoms with van der Waals surface area (Å²) in [5.74, 6) is -1.61. The first-order valence-corrected chi connectivity index (χ1v) is 12.1. The van der Waals surface area contributed by atoms with Gasteiger partial charge in [-0.25, -0.2) is 4.79 Å². The second-order valence-electron chi connectivity index (χ2n) is 10.5. The van der Waals surface area contributed by atoms with Gasteiger partial charge in [0.2, 0.25) is 5.91 Å². The zero-order valence-corrected chi connectivity index (χ0v) is 19.6. The number of hydrogen-bond donors (Lipinski definition) is 5. The van der Waals surface area contributed by atoms with E-state index in [4.69, 9.17) is 10.5 Å². The first-order valence-electron chi connectivity index (χ1n) is 12.1. The lowest BCUT2D eigenvalue weighted by Gasteiger charge is -2.29. The van der Waals surface area contributed by atoms with E-state index >= 15 is 0 Å². The van der Waals surface area contributed by atoms with Crippen LogP contribution in [0, 0.1) is 11.8 Å². The molecule has 2 aliphatic carbocycles. The Hall–Kier alpha value is -2.36. The molecule has 10 nitrogen and oxygen atoms in total. The SMILES string of the molecule is CC1(C)CC(CC(NC(=O)[C@H](CC2CCCCC2)OC(N)=O)C(O)C(=O)NC2CC2)C(=O)N1. The van der Waals surface area contributed by atoms with Crippen LogP contribution in [0.15, 0.2) is 0 Å². The van der Waals surface area contributed by atoms with Gasteiger partial charge < -0.3 is 31.5 Å². The van der Waals surface area contributed by atoms with Crippen molar-refractivity contribution in [3.8, 4) is 0 Å². The van der Waals surface area contributed by atoms with Crippen molar-refractivity contribution in [2.75, 3.05) is 0 Å². The molecule has 0 aromatic rings. The smallest absolute Gasteiger partial charge is 0.405 e. The highest BCUT2D eigenvalue weighted by molar-refractivity contribution is 5.87. The van der Waals surface area contributed by atoms with E-state index in [1.807, 2.05) is 13.8 Å². The van der Waals surface area contributed by atoms with Gasteiger partial charge in [0.05, 0.1) is 6.04 Å². The molecule has 0 aromatic carbocycles. The fraction of sp³-hybridized carbons (Fsp3) is 0.826. The first kappa shape index (κ1) is 25.3. The number of primary amides is 1. The Labute approximate surface area is 194 Å². The third kappa shape index (κ3) is 7.58. The van der Waals surface area contributed by atoms with Gasteiger partial charge in [-0.1, -0.05) is 32.1 Å². The topological polar surface area (TPSA) is 160 Å². The lowest BCUT2D eigenvalue weighted by molar-refractivity contribution is -0.137. The van der Waals surface area contributed by atoms with E-state index in [-0.39, 0.29) is 24.3 Å². The molecule has 6 N–H and O–H groups in total. The summed E-state index contributed by atoms with van der Waals surface area (Å²) >= 11 is 0. The number of carbonyl (C=O) groups excluding carboxylic acids is 4. The van der Waals surface area contributed by atoms with Gasteiger partial charge in [0.25, 0.3) is 11.8 Å². The molecule has 1 aliphatic heterocycles. The number of aliphatic hydroxyl groups is 1. The summed E-state index contributed by atoms with van der Waals surface area (Å²) in [7, 11) is 0. The maximum Gasteiger partial charge on any atom is 0.405 e. The summed E-state index contributed by atoms with van der Waals surface area (Å²) in [5.41, 5.74) is 4.80. The number of nitrogens with one attached hydrogen (secondary N) is 3. The average molecular weight is 467 g/mol. The van der Waals surface area contributed by atoms with Crippen molar-refractivity contribution in [3.05, 3.63) is 0 Å². The highest BCUT2D eigenvalue weighted by Crippen LogP contribution is 2.30. The van der Waals surface area contributed by atoms with E-state index in [1.54, 1.807) is 0 Å². The van der Waals surface area contributed by atoms with Gasteiger partial charge in [-0.05, 0) is 51.9 Å². The number of amides is 4. The number of ether oxygens (including phenoxy) is 1. The van der Waals surface area contributed by atoms with Crippen LogP contribution >= 0.6 is 0 Å². The van der Waals surface area contributed by atoms with Crippen molar-refractivity contribution in [1.82, 2.24) is 16.0 Å². The summed E-state index contributed by atoms with van der Waals surface area (Å²) in [5, 5.41) is 19.1. The Bertz CT molecular complexity index is 747. The van der Waals surface area contributed by atoms with Crippen LogP contribution in [-0.4, -0.2) is 58.8 Å². The van der Waals surface area contributed by atoms with Crippen molar-refractivity contribution >= 4 is 23.8 Å². The van der Waals surface area contributed by atoms with Gasteiger partial charge in [-0.15, -0.1) is 0 Å². The minimum absolute atomic E-state index is 0.0365. The van der Waals surface area contributed by atoms with Gasteiger partial charge >= 0.3 is 6.09 Å². The maximum atomic E-state index is 13.1. The summed E-state index contributed by atoms with van der Waals surface area (Å²) < 4.78 is 5.12. The van der Waals surface area contributed by atoms with Gasteiger partial charge in [0.1, 0.15) is 0 Å². The van der Waals surface area contributed by atoms with E-state index in [2.05, 4.69) is 16.0 Å². The van der Waals surface area contributed by atoms with Crippen LogP contribution in [0.3, 0.4) is 0 Å². The summed E-state index contributed by atoms with van der Waals surface area (Å²) in [6.07, 6.45) is 4.10. The molecule has 4 amide bonds. The first-order chi connectivity index (χ1) is 15.5. The molecule has 2 saturated carbocycles. The van der Waals surface area contributed by atoms with Crippen molar-refractivity contribution in [2.45, 2.75) is 108 Å². The predicted octanol–water partition coefficient (Wildman–Crippen LogP) is 0.850. The number of rotatable bonds is 10. The van der Waals surface area contributed by atoms with E-state index in [9.17, 15) is 24.3 Å². The minimum atomic E-state index is -1.53. The average Bonchev–Trinajstić information content (AvgIpc) is 3.50. The monoisotopic (exact) mass is 466 g/mol. The lowest BCUT2D eigenvalue weighted by Crippen LogP contribution is -2.54. The van der Waals surface area contributed by atoms with Crippen molar-refractivity contribution in [1.29, 1.82) is 0 Å². The molecule has 3 fully saturated rings. The maximum absolute atomic E-state index is 13.1. The van der Waals surface area contributed by atoms with E-state index in [0.29, 0.717) is 12.8 Å². The minimum Gasteiger partial charge on any atom is -0.436 e. The molecule has 3 aliphatic rings. The largest absolute Gasteiger partial charge is 0.436 e. The molecule has 1 saturated heterocycles. The summed E-state index contributed by atoms with van der Waals surface area (Å²) in [6.45, 7) is 3.80. The van der Waals surface area contributed by atoms with Crippen LogP contribution in [0.5, 0.6) is 0 Å². The molecule has 10 heteroatoms. The van der Waals surface area contributed by atoms with E-state index < -0.39 is 47.6 Å². The number of aliphatic hydroxyl groups excluding tert-OH is 1. The van der Waals surface area contributed by atoms with Crippen LogP contribution in [0.25, 0.3) is 0 Å². The molecule has 3 unspecified atom stereocenters. The third-order valence-corrected chi connectivity index (χ3v) is 6.85. The standard InChI is InChI=1S/C23H38N4O6/c1-23(2)12-14(19(29)27-23)11-16(18(28)21(31)25-15-8-9-15)26-20(30)17(33-22(24)32)10-13-6-4-3-5-7-13/h13-18,28H,3-12H2,1-2H3,(H2,24,32)(H,25,31)(H,26,30)(H,27,29)/t14?,16?,17-,18?/m0/s1. The molecular formula is C23H38N4O6. The fourth-order valence-electron chi connectivity index (χ4n) is 5.01. The van der Waals surface area contributed by atoms with Gasteiger partial charge in [0.15, 0.2) is 12.2 Å².